The van der Waals surface area contributed by atoms with Crippen molar-refractivity contribution in [2.24, 2.45) is 0 Å². The third-order valence-electron chi connectivity index (χ3n) is 4.22. The molecule has 1 aromatic carbocycles. The molecule has 1 N–H and O–H groups in total. The molecule has 2 heterocycles. The van der Waals surface area contributed by atoms with Crippen molar-refractivity contribution in [3.63, 3.8) is 0 Å². The third kappa shape index (κ3) is 4.82. The minimum Gasteiger partial charge on any atom is -0.335 e. The molecule has 0 spiro atoms. The quantitative estimate of drug-likeness (QED) is 0.844. The zero-order valence-corrected chi connectivity index (χ0v) is 15.6. The molecule has 9 heteroatoms. The minimum atomic E-state index is -3.35. The first-order valence-corrected chi connectivity index (χ1v) is 10.3. The highest BCUT2D eigenvalue weighted by Gasteiger charge is 2.25. The number of carbonyl (C=O) groups is 2. The van der Waals surface area contributed by atoms with E-state index in [4.69, 9.17) is 0 Å². The molecule has 2 amide bonds. The summed E-state index contributed by atoms with van der Waals surface area (Å²) in [6, 6.07) is 9.63. The number of pyridine rings is 1. The first kappa shape index (κ1) is 18.8. The summed E-state index contributed by atoms with van der Waals surface area (Å²) in [4.78, 5) is 32.4. The Morgan fingerprint density at radius 2 is 1.30 bits per heavy atom. The summed E-state index contributed by atoms with van der Waals surface area (Å²) in [5.41, 5.74) is 1.46. The van der Waals surface area contributed by atoms with Gasteiger partial charge in [0, 0.05) is 55.4 Å². The van der Waals surface area contributed by atoms with Crippen LogP contribution in [0.3, 0.4) is 0 Å². The van der Waals surface area contributed by atoms with E-state index >= 15 is 0 Å². The molecule has 0 radical (unpaired) electrons. The van der Waals surface area contributed by atoms with Crippen molar-refractivity contribution in [2.45, 2.75) is 0 Å². The molecule has 1 aromatic heterocycles. The van der Waals surface area contributed by atoms with Crippen LogP contribution in [-0.4, -0.2) is 67.5 Å². The second-order valence-corrected chi connectivity index (χ2v) is 8.02. The second-order valence-electron chi connectivity index (χ2n) is 6.27. The van der Waals surface area contributed by atoms with Crippen LogP contribution in [-0.2, 0) is 10.0 Å². The summed E-state index contributed by atoms with van der Waals surface area (Å²) >= 11 is 0. The number of piperazine rings is 1. The normalized spacial score (nSPS) is 14.7. The van der Waals surface area contributed by atoms with Crippen LogP contribution >= 0.6 is 0 Å². The SMILES string of the molecule is CS(=O)(=O)Nc1ccc(C(=O)N2CCN(C(=O)c3ccncc3)CC2)cc1. The van der Waals surface area contributed by atoms with Crippen molar-refractivity contribution in [1.82, 2.24) is 14.8 Å². The highest BCUT2D eigenvalue weighted by Crippen LogP contribution is 2.15. The van der Waals surface area contributed by atoms with Gasteiger partial charge in [-0.1, -0.05) is 0 Å². The average molecular weight is 388 g/mol. The van der Waals surface area contributed by atoms with E-state index in [1.54, 1.807) is 58.6 Å². The Bertz CT molecular complexity index is 922. The van der Waals surface area contributed by atoms with Gasteiger partial charge in [-0.05, 0) is 36.4 Å². The van der Waals surface area contributed by atoms with Crippen LogP contribution in [0.15, 0.2) is 48.8 Å². The van der Waals surface area contributed by atoms with Gasteiger partial charge in [-0.3, -0.25) is 19.3 Å². The van der Waals surface area contributed by atoms with Crippen LogP contribution in [0.2, 0.25) is 0 Å². The molecular formula is C18H20N4O4S. The Labute approximate surface area is 157 Å². The molecule has 8 nitrogen and oxygen atoms in total. The van der Waals surface area contributed by atoms with Crippen molar-refractivity contribution in [3.05, 3.63) is 59.9 Å². The largest absolute Gasteiger partial charge is 0.335 e. The van der Waals surface area contributed by atoms with Crippen LogP contribution in [0.5, 0.6) is 0 Å². The first-order chi connectivity index (χ1) is 12.8. The summed E-state index contributed by atoms with van der Waals surface area (Å²) in [5, 5.41) is 0. The molecule has 27 heavy (non-hydrogen) atoms. The zero-order valence-electron chi connectivity index (χ0n) is 14.8. The van der Waals surface area contributed by atoms with Crippen molar-refractivity contribution < 1.29 is 18.0 Å². The number of hydrogen-bond acceptors (Lipinski definition) is 5. The number of benzene rings is 1. The molecule has 3 rings (SSSR count). The number of anilines is 1. The Hall–Kier alpha value is -2.94. The molecule has 0 aliphatic carbocycles. The third-order valence-corrected chi connectivity index (χ3v) is 4.82. The fourth-order valence-corrected chi connectivity index (χ4v) is 3.43. The molecule has 1 aliphatic rings. The smallest absolute Gasteiger partial charge is 0.254 e. The van der Waals surface area contributed by atoms with Crippen LogP contribution in [0, 0.1) is 0 Å². The molecule has 1 aliphatic heterocycles. The number of hydrogen-bond donors (Lipinski definition) is 1. The lowest BCUT2D eigenvalue weighted by Gasteiger charge is -2.34. The maximum atomic E-state index is 12.6. The van der Waals surface area contributed by atoms with Gasteiger partial charge in [0.05, 0.1) is 6.26 Å². The van der Waals surface area contributed by atoms with Crippen LogP contribution < -0.4 is 4.72 Å². The topological polar surface area (TPSA) is 99.7 Å². The lowest BCUT2D eigenvalue weighted by atomic mass is 10.1. The number of sulfonamides is 1. The van der Waals surface area contributed by atoms with Gasteiger partial charge in [-0.2, -0.15) is 0 Å². The standard InChI is InChI=1S/C18H20N4O4S/c1-27(25,26)20-16-4-2-14(3-5-16)17(23)21-10-12-22(13-11-21)18(24)15-6-8-19-9-7-15/h2-9,20H,10-13H2,1H3. The van der Waals surface area contributed by atoms with E-state index < -0.39 is 10.0 Å². The van der Waals surface area contributed by atoms with E-state index in [9.17, 15) is 18.0 Å². The van der Waals surface area contributed by atoms with Crippen LogP contribution in [0.1, 0.15) is 20.7 Å². The summed E-state index contributed by atoms with van der Waals surface area (Å²) in [5.74, 6) is -0.211. The van der Waals surface area contributed by atoms with Crippen molar-refractivity contribution in [2.75, 3.05) is 37.2 Å². The predicted octanol–water partition coefficient (Wildman–Crippen LogP) is 1.05. The number of nitrogens with one attached hydrogen (secondary N) is 1. The number of aromatic nitrogens is 1. The van der Waals surface area contributed by atoms with E-state index in [1.165, 1.54) is 0 Å². The number of rotatable bonds is 4. The predicted molar refractivity (Wildman–Crippen MR) is 101 cm³/mol. The van der Waals surface area contributed by atoms with Crippen molar-refractivity contribution in [1.29, 1.82) is 0 Å². The lowest BCUT2D eigenvalue weighted by Crippen LogP contribution is -2.50. The molecule has 0 unspecified atom stereocenters. The Morgan fingerprint density at radius 1 is 0.852 bits per heavy atom. The molecular weight excluding hydrogens is 368 g/mol. The fraction of sp³-hybridized carbons (Fsp3) is 0.278. The van der Waals surface area contributed by atoms with E-state index in [0.717, 1.165) is 6.26 Å². The summed E-state index contributed by atoms with van der Waals surface area (Å²) in [7, 11) is -3.35. The highest BCUT2D eigenvalue weighted by atomic mass is 32.2. The number of carbonyl (C=O) groups excluding carboxylic acids is 2. The van der Waals surface area contributed by atoms with Gasteiger partial charge in [0.2, 0.25) is 10.0 Å². The van der Waals surface area contributed by atoms with Crippen LogP contribution in [0.25, 0.3) is 0 Å². The lowest BCUT2D eigenvalue weighted by molar-refractivity contribution is 0.0535. The first-order valence-electron chi connectivity index (χ1n) is 8.40. The van der Waals surface area contributed by atoms with E-state index in [0.29, 0.717) is 43.0 Å². The maximum Gasteiger partial charge on any atom is 0.254 e. The summed E-state index contributed by atoms with van der Waals surface area (Å²) < 4.78 is 24.8. The highest BCUT2D eigenvalue weighted by molar-refractivity contribution is 7.92. The zero-order chi connectivity index (χ0) is 19.4. The van der Waals surface area contributed by atoms with Gasteiger partial charge in [-0.25, -0.2) is 8.42 Å². The van der Waals surface area contributed by atoms with Gasteiger partial charge < -0.3 is 9.80 Å². The summed E-state index contributed by atoms with van der Waals surface area (Å²) in [6.45, 7) is 1.80. The number of nitrogens with zero attached hydrogens (tertiary/aromatic N) is 3. The monoisotopic (exact) mass is 388 g/mol. The Balaban J connectivity index is 1.59. The summed E-state index contributed by atoms with van der Waals surface area (Å²) in [6.07, 6.45) is 4.23. The average Bonchev–Trinajstić information content (AvgIpc) is 2.67. The Kier molecular flexibility index (Phi) is 5.41. The molecule has 142 valence electrons. The molecule has 1 fully saturated rings. The van der Waals surface area contributed by atoms with Crippen molar-refractivity contribution >= 4 is 27.5 Å². The van der Waals surface area contributed by atoms with Crippen molar-refractivity contribution in [3.8, 4) is 0 Å². The fourth-order valence-electron chi connectivity index (χ4n) is 2.87. The Morgan fingerprint density at radius 3 is 1.74 bits per heavy atom. The van der Waals surface area contributed by atoms with E-state index in [2.05, 4.69) is 9.71 Å². The van der Waals surface area contributed by atoms with Gasteiger partial charge in [0.1, 0.15) is 0 Å². The van der Waals surface area contributed by atoms with Gasteiger partial charge in [-0.15, -0.1) is 0 Å². The van der Waals surface area contributed by atoms with Gasteiger partial charge in [0.25, 0.3) is 11.8 Å². The molecule has 0 atom stereocenters. The maximum absolute atomic E-state index is 12.6. The van der Waals surface area contributed by atoms with Gasteiger partial charge >= 0.3 is 0 Å². The van der Waals surface area contributed by atoms with Crippen LogP contribution in [0.4, 0.5) is 5.69 Å². The molecule has 2 aromatic rings. The number of amides is 2. The van der Waals surface area contributed by atoms with E-state index in [1.807, 2.05) is 0 Å². The second kappa shape index (κ2) is 7.75. The minimum absolute atomic E-state index is 0.0688. The molecule has 0 bridgehead atoms. The van der Waals surface area contributed by atoms with E-state index in [-0.39, 0.29) is 11.8 Å². The van der Waals surface area contributed by atoms with Gasteiger partial charge in [0.15, 0.2) is 0 Å². The molecule has 0 saturated carbocycles. The molecule has 1 saturated heterocycles.